The molecule has 9 heteroatoms. The van der Waals surface area contributed by atoms with Gasteiger partial charge in [0.05, 0.1) is 28.0 Å². The number of nitrogens with one attached hydrogen (secondary N) is 3. The van der Waals surface area contributed by atoms with Crippen molar-refractivity contribution in [2.45, 2.75) is 13.0 Å². The van der Waals surface area contributed by atoms with E-state index >= 15 is 0 Å². The van der Waals surface area contributed by atoms with Crippen LogP contribution < -0.4 is 16.6 Å². The molecule has 0 aliphatic carbocycles. The van der Waals surface area contributed by atoms with Crippen LogP contribution in [0.15, 0.2) is 70.6 Å². The molecule has 3 aromatic heterocycles. The Labute approximate surface area is 169 Å². The van der Waals surface area contributed by atoms with E-state index in [0.717, 1.165) is 5.56 Å². The van der Waals surface area contributed by atoms with Crippen molar-refractivity contribution in [3.05, 3.63) is 87.5 Å². The van der Waals surface area contributed by atoms with Crippen molar-refractivity contribution in [3.63, 3.8) is 0 Å². The molecule has 0 spiro atoms. The van der Waals surface area contributed by atoms with Gasteiger partial charge in [-0.1, -0.05) is 30.3 Å². The van der Waals surface area contributed by atoms with Crippen LogP contribution in [0.3, 0.4) is 0 Å². The fourth-order valence-corrected chi connectivity index (χ4v) is 3.42. The van der Waals surface area contributed by atoms with Crippen LogP contribution in [0.1, 0.15) is 18.5 Å². The van der Waals surface area contributed by atoms with Crippen LogP contribution in [-0.2, 0) is 0 Å². The van der Waals surface area contributed by atoms with Crippen LogP contribution in [0, 0.1) is 0 Å². The smallest absolute Gasteiger partial charge is 0.326 e. The molecule has 0 bridgehead atoms. The molecular weight excluding hydrogens is 382 g/mol. The van der Waals surface area contributed by atoms with E-state index in [1.165, 1.54) is 0 Å². The van der Waals surface area contributed by atoms with Crippen molar-refractivity contribution >= 4 is 27.9 Å². The molecule has 148 valence electrons. The van der Waals surface area contributed by atoms with Gasteiger partial charge in [0, 0.05) is 6.20 Å². The quantitative estimate of drug-likeness (QED) is 0.427. The summed E-state index contributed by atoms with van der Waals surface area (Å²) in [6, 6.07) is 15.2. The summed E-state index contributed by atoms with van der Waals surface area (Å²) in [6.07, 6.45) is 3.30. The predicted octanol–water partition coefficient (Wildman–Crippen LogP) is 2.52. The van der Waals surface area contributed by atoms with Gasteiger partial charge in [0.1, 0.15) is 12.1 Å². The molecule has 5 rings (SSSR count). The van der Waals surface area contributed by atoms with Crippen LogP contribution in [0.4, 0.5) is 5.95 Å². The monoisotopic (exact) mass is 399 g/mol. The van der Waals surface area contributed by atoms with Gasteiger partial charge >= 0.3 is 5.69 Å². The number of aromatic amines is 2. The number of fused-ring (bicyclic) bond motifs is 2. The molecule has 0 radical (unpaired) electrons. The first kappa shape index (κ1) is 17.8. The lowest BCUT2D eigenvalue weighted by atomic mass is 10.1. The van der Waals surface area contributed by atoms with Crippen molar-refractivity contribution in [1.29, 1.82) is 0 Å². The Morgan fingerprint density at radius 2 is 1.87 bits per heavy atom. The predicted molar refractivity (Wildman–Crippen MR) is 114 cm³/mol. The normalized spacial score (nSPS) is 12.3. The van der Waals surface area contributed by atoms with Crippen molar-refractivity contribution in [3.8, 4) is 5.82 Å². The number of hydrogen-bond donors (Lipinski definition) is 3. The molecule has 2 aromatic carbocycles. The van der Waals surface area contributed by atoms with Gasteiger partial charge in [0.15, 0.2) is 0 Å². The van der Waals surface area contributed by atoms with Crippen molar-refractivity contribution in [2.24, 2.45) is 0 Å². The van der Waals surface area contributed by atoms with Gasteiger partial charge in [-0.3, -0.25) is 14.3 Å². The van der Waals surface area contributed by atoms with Gasteiger partial charge in [-0.2, -0.15) is 4.98 Å². The van der Waals surface area contributed by atoms with Gasteiger partial charge in [0.2, 0.25) is 5.95 Å². The van der Waals surface area contributed by atoms with Crippen LogP contribution in [0.5, 0.6) is 0 Å². The molecule has 0 aliphatic heterocycles. The molecule has 0 unspecified atom stereocenters. The van der Waals surface area contributed by atoms with E-state index < -0.39 is 11.2 Å². The van der Waals surface area contributed by atoms with E-state index in [2.05, 4.69) is 30.2 Å². The number of nitrogens with zero attached hydrogens (tertiary/aromatic N) is 4. The highest BCUT2D eigenvalue weighted by molar-refractivity contribution is 5.93. The molecule has 0 amide bonds. The molecule has 3 N–H and O–H groups in total. The fraction of sp³-hybridized carbons (Fsp3) is 0.0952. The second-order valence-corrected chi connectivity index (χ2v) is 6.92. The first-order chi connectivity index (χ1) is 14.6. The minimum atomic E-state index is -0.554. The molecular formula is C21H17N7O2. The average Bonchev–Trinajstić information content (AvgIpc) is 3.16. The Morgan fingerprint density at radius 1 is 1.03 bits per heavy atom. The highest BCUT2D eigenvalue weighted by Gasteiger charge is 2.12. The molecule has 0 saturated heterocycles. The fourth-order valence-electron chi connectivity index (χ4n) is 3.42. The minimum Gasteiger partial charge on any atom is -0.348 e. The van der Waals surface area contributed by atoms with Gasteiger partial charge < -0.3 is 10.3 Å². The second kappa shape index (κ2) is 6.96. The van der Waals surface area contributed by atoms with Gasteiger partial charge in [0.25, 0.3) is 5.56 Å². The van der Waals surface area contributed by atoms with Crippen molar-refractivity contribution in [2.75, 3.05) is 5.32 Å². The van der Waals surface area contributed by atoms with Crippen molar-refractivity contribution < 1.29 is 0 Å². The topological polar surface area (TPSA) is 121 Å². The lowest BCUT2D eigenvalue weighted by Crippen LogP contribution is -2.21. The summed E-state index contributed by atoms with van der Waals surface area (Å²) in [5.41, 5.74) is 1.88. The zero-order chi connectivity index (χ0) is 20.7. The number of anilines is 1. The summed E-state index contributed by atoms with van der Waals surface area (Å²) in [5.74, 6) is 1.10. The summed E-state index contributed by atoms with van der Waals surface area (Å²) in [5, 5.41) is 3.67. The Morgan fingerprint density at radius 3 is 2.70 bits per heavy atom. The maximum Gasteiger partial charge on any atom is 0.326 e. The maximum atomic E-state index is 12.0. The van der Waals surface area contributed by atoms with Crippen LogP contribution >= 0.6 is 0 Å². The molecule has 0 saturated carbocycles. The van der Waals surface area contributed by atoms with E-state index in [-0.39, 0.29) is 6.04 Å². The lowest BCUT2D eigenvalue weighted by Gasteiger charge is -2.14. The number of hydrogen-bond acceptors (Lipinski definition) is 6. The van der Waals surface area contributed by atoms with Crippen molar-refractivity contribution in [1.82, 2.24) is 29.5 Å². The number of imidazole rings is 1. The first-order valence-electron chi connectivity index (χ1n) is 9.37. The molecule has 9 nitrogen and oxygen atoms in total. The van der Waals surface area contributed by atoms with E-state index in [4.69, 9.17) is 0 Å². The molecule has 0 aliphatic rings. The SMILES string of the molecule is C[C@H](Nc1nccc(-n2cnc3cc4c(=O)[nH]c(=O)[nH]c4cc32)n1)c1ccccc1. The zero-order valence-corrected chi connectivity index (χ0v) is 16.0. The molecule has 1 atom stereocenters. The van der Waals surface area contributed by atoms with E-state index in [9.17, 15) is 9.59 Å². The third kappa shape index (κ3) is 3.12. The molecule has 30 heavy (non-hydrogen) atoms. The standard InChI is InChI=1S/C21H17N7O2/c1-12(13-5-3-2-4-6-13)24-20-22-8-7-18(26-20)28-11-23-16-9-14-15(10-17(16)28)25-21(30)27-19(14)29/h2-12H,1H3,(H,22,24,26)(H2,25,27,29,30)/t12-/m0/s1. The van der Waals surface area contributed by atoms with E-state index in [0.29, 0.717) is 33.7 Å². The van der Waals surface area contributed by atoms with Crippen LogP contribution in [-0.4, -0.2) is 29.5 Å². The number of H-pyrrole nitrogens is 2. The minimum absolute atomic E-state index is 0.0294. The third-order valence-corrected chi connectivity index (χ3v) is 4.94. The summed E-state index contributed by atoms with van der Waals surface area (Å²) in [4.78, 5) is 41.9. The number of aromatic nitrogens is 6. The highest BCUT2D eigenvalue weighted by atomic mass is 16.2. The number of rotatable bonds is 4. The summed E-state index contributed by atoms with van der Waals surface area (Å²) >= 11 is 0. The van der Waals surface area contributed by atoms with Gasteiger partial charge in [-0.05, 0) is 30.7 Å². The van der Waals surface area contributed by atoms with Gasteiger partial charge in [-0.15, -0.1) is 0 Å². The van der Waals surface area contributed by atoms with E-state index in [1.807, 2.05) is 37.3 Å². The summed E-state index contributed by atoms with van der Waals surface area (Å²) < 4.78 is 1.79. The van der Waals surface area contributed by atoms with Gasteiger partial charge in [-0.25, -0.2) is 14.8 Å². The number of benzene rings is 2. The Bertz CT molecular complexity index is 1480. The Hall–Kier alpha value is -4.27. The Kier molecular flexibility index (Phi) is 4.13. The average molecular weight is 399 g/mol. The Balaban J connectivity index is 1.56. The molecule has 0 fully saturated rings. The lowest BCUT2D eigenvalue weighted by molar-refractivity contribution is 0.854. The maximum absolute atomic E-state index is 12.0. The third-order valence-electron chi connectivity index (χ3n) is 4.94. The second-order valence-electron chi connectivity index (χ2n) is 6.92. The molecule has 5 aromatic rings. The van der Waals surface area contributed by atoms with E-state index in [1.54, 1.807) is 35.3 Å². The van der Waals surface area contributed by atoms with Crippen LogP contribution in [0.2, 0.25) is 0 Å². The zero-order valence-electron chi connectivity index (χ0n) is 16.0. The van der Waals surface area contributed by atoms with Crippen LogP contribution in [0.25, 0.3) is 27.8 Å². The molecule has 3 heterocycles. The first-order valence-corrected chi connectivity index (χ1v) is 9.37. The summed E-state index contributed by atoms with van der Waals surface area (Å²) in [6.45, 7) is 2.04. The summed E-state index contributed by atoms with van der Waals surface area (Å²) in [7, 11) is 0. The highest BCUT2D eigenvalue weighted by Crippen LogP contribution is 2.22. The largest absolute Gasteiger partial charge is 0.348 e.